The zero-order chi connectivity index (χ0) is 14.8. The lowest BCUT2D eigenvalue weighted by molar-refractivity contribution is -0.132. The van der Waals surface area contributed by atoms with E-state index in [0.29, 0.717) is 6.54 Å². The molecule has 5 nitrogen and oxygen atoms in total. The van der Waals surface area contributed by atoms with Gasteiger partial charge in [-0.3, -0.25) is 4.79 Å². The van der Waals surface area contributed by atoms with Gasteiger partial charge in [0, 0.05) is 19.7 Å². The predicted octanol–water partition coefficient (Wildman–Crippen LogP) is 1.66. The second-order valence-electron chi connectivity index (χ2n) is 5.53. The number of hydrogen-bond donors (Lipinski definition) is 1. The minimum atomic E-state index is -0.169. The SMILES string of the molecule is Cc1cc(CN(C)C(=O)[C@@H]2Cc3ccccc3CN2)no1. The van der Waals surface area contributed by atoms with E-state index in [9.17, 15) is 4.79 Å². The van der Waals surface area contributed by atoms with Crippen molar-refractivity contribution in [1.29, 1.82) is 0 Å². The molecule has 1 aromatic heterocycles. The number of benzene rings is 1. The molecule has 110 valence electrons. The molecule has 1 aliphatic rings. The van der Waals surface area contributed by atoms with E-state index in [1.54, 1.807) is 11.9 Å². The zero-order valence-electron chi connectivity index (χ0n) is 12.3. The number of nitrogens with zero attached hydrogens (tertiary/aromatic N) is 2. The van der Waals surface area contributed by atoms with Crippen molar-refractivity contribution in [3.63, 3.8) is 0 Å². The topological polar surface area (TPSA) is 58.4 Å². The number of rotatable bonds is 3. The van der Waals surface area contributed by atoms with Crippen molar-refractivity contribution in [3.8, 4) is 0 Å². The lowest BCUT2D eigenvalue weighted by atomic mass is 9.95. The summed E-state index contributed by atoms with van der Waals surface area (Å²) in [7, 11) is 1.80. The zero-order valence-corrected chi connectivity index (χ0v) is 12.3. The number of carbonyl (C=O) groups excluding carboxylic acids is 1. The molecule has 2 heterocycles. The van der Waals surface area contributed by atoms with E-state index in [1.807, 2.05) is 25.1 Å². The molecule has 0 aliphatic carbocycles. The van der Waals surface area contributed by atoms with E-state index in [2.05, 4.69) is 22.6 Å². The number of carbonyl (C=O) groups is 1. The Morgan fingerprint density at radius 1 is 1.43 bits per heavy atom. The Morgan fingerprint density at radius 3 is 2.90 bits per heavy atom. The van der Waals surface area contributed by atoms with Crippen molar-refractivity contribution in [2.45, 2.75) is 32.5 Å². The van der Waals surface area contributed by atoms with Crippen LogP contribution in [0.3, 0.4) is 0 Å². The number of fused-ring (bicyclic) bond motifs is 1. The third-order valence-electron chi connectivity index (χ3n) is 3.83. The fourth-order valence-electron chi connectivity index (χ4n) is 2.71. The van der Waals surface area contributed by atoms with E-state index >= 15 is 0 Å². The van der Waals surface area contributed by atoms with Gasteiger partial charge in [0.15, 0.2) is 0 Å². The van der Waals surface area contributed by atoms with Gasteiger partial charge in [0.1, 0.15) is 11.5 Å². The van der Waals surface area contributed by atoms with Crippen LogP contribution < -0.4 is 5.32 Å². The van der Waals surface area contributed by atoms with Gasteiger partial charge in [-0.2, -0.15) is 0 Å². The second-order valence-corrected chi connectivity index (χ2v) is 5.53. The largest absolute Gasteiger partial charge is 0.361 e. The molecule has 0 fully saturated rings. The second kappa shape index (κ2) is 5.69. The maximum Gasteiger partial charge on any atom is 0.240 e. The maximum atomic E-state index is 12.5. The summed E-state index contributed by atoms with van der Waals surface area (Å²) in [5.74, 6) is 0.848. The highest BCUT2D eigenvalue weighted by atomic mass is 16.5. The molecule has 2 aromatic rings. The smallest absolute Gasteiger partial charge is 0.240 e. The van der Waals surface area contributed by atoms with Gasteiger partial charge >= 0.3 is 0 Å². The fraction of sp³-hybridized carbons (Fsp3) is 0.375. The van der Waals surface area contributed by atoms with E-state index in [4.69, 9.17) is 4.52 Å². The van der Waals surface area contributed by atoms with E-state index in [0.717, 1.165) is 24.4 Å². The molecule has 1 N–H and O–H groups in total. The average Bonchev–Trinajstić information content (AvgIpc) is 2.91. The molecule has 0 unspecified atom stereocenters. The van der Waals surface area contributed by atoms with Gasteiger partial charge in [-0.15, -0.1) is 0 Å². The van der Waals surface area contributed by atoms with Crippen LogP contribution in [0.2, 0.25) is 0 Å². The molecule has 1 aromatic carbocycles. The van der Waals surface area contributed by atoms with Gasteiger partial charge in [0.05, 0.1) is 12.6 Å². The van der Waals surface area contributed by atoms with Crippen LogP contribution in [-0.2, 0) is 24.3 Å². The van der Waals surface area contributed by atoms with Crippen LogP contribution in [0.1, 0.15) is 22.6 Å². The van der Waals surface area contributed by atoms with Crippen molar-refractivity contribution < 1.29 is 9.32 Å². The van der Waals surface area contributed by atoms with Gasteiger partial charge in [-0.1, -0.05) is 29.4 Å². The van der Waals surface area contributed by atoms with E-state index in [1.165, 1.54) is 11.1 Å². The van der Waals surface area contributed by atoms with Crippen molar-refractivity contribution >= 4 is 5.91 Å². The van der Waals surface area contributed by atoms with Crippen LogP contribution in [0.15, 0.2) is 34.9 Å². The van der Waals surface area contributed by atoms with Crippen LogP contribution in [0.4, 0.5) is 0 Å². The summed E-state index contributed by atoms with van der Waals surface area (Å²) in [6, 6.07) is 9.93. The number of amides is 1. The molecule has 0 spiro atoms. The lowest BCUT2D eigenvalue weighted by Crippen LogP contribution is -2.48. The molecule has 1 amide bonds. The Bertz CT molecular complexity index is 650. The summed E-state index contributed by atoms with van der Waals surface area (Å²) < 4.78 is 5.03. The Hall–Kier alpha value is -2.14. The predicted molar refractivity (Wildman–Crippen MR) is 78.5 cm³/mol. The first-order chi connectivity index (χ1) is 10.1. The standard InChI is InChI=1S/C16H19N3O2/c1-11-7-14(18-21-11)10-19(2)16(20)15-8-12-5-3-4-6-13(12)9-17-15/h3-7,15,17H,8-10H2,1-2H3/t15-/m0/s1. The Kier molecular flexibility index (Phi) is 3.75. The summed E-state index contributed by atoms with van der Waals surface area (Å²) in [6.45, 7) is 3.05. The molecule has 0 radical (unpaired) electrons. The van der Waals surface area contributed by atoms with Crippen LogP contribution >= 0.6 is 0 Å². The highest BCUT2D eigenvalue weighted by molar-refractivity contribution is 5.82. The summed E-state index contributed by atoms with van der Waals surface area (Å²) >= 11 is 0. The number of hydrogen-bond acceptors (Lipinski definition) is 4. The normalized spacial score (nSPS) is 17.3. The van der Waals surface area contributed by atoms with E-state index < -0.39 is 0 Å². The quantitative estimate of drug-likeness (QED) is 0.931. The van der Waals surface area contributed by atoms with Crippen LogP contribution in [0.5, 0.6) is 0 Å². The number of aromatic nitrogens is 1. The molecule has 0 bridgehead atoms. The number of likely N-dealkylation sites (N-methyl/N-ethyl adjacent to an activating group) is 1. The van der Waals surface area contributed by atoms with Gasteiger partial charge in [-0.05, 0) is 24.5 Å². The summed E-state index contributed by atoms with van der Waals surface area (Å²) in [6.07, 6.45) is 0.733. The minimum Gasteiger partial charge on any atom is -0.361 e. The first-order valence-electron chi connectivity index (χ1n) is 7.11. The molecule has 1 atom stereocenters. The van der Waals surface area contributed by atoms with Crippen molar-refractivity contribution in [2.24, 2.45) is 0 Å². The highest BCUT2D eigenvalue weighted by Crippen LogP contribution is 2.17. The molecule has 0 saturated carbocycles. The van der Waals surface area contributed by atoms with Crippen molar-refractivity contribution in [3.05, 3.63) is 52.9 Å². The van der Waals surface area contributed by atoms with Gasteiger partial charge < -0.3 is 14.7 Å². The van der Waals surface area contributed by atoms with Gasteiger partial charge in [-0.25, -0.2) is 0 Å². The van der Waals surface area contributed by atoms with Crippen molar-refractivity contribution in [2.75, 3.05) is 7.05 Å². The Labute approximate surface area is 123 Å². The molecular weight excluding hydrogens is 266 g/mol. The van der Waals surface area contributed by atoms with Crippen LogP contribution in [0.25, 0.3) is 0 Å². The van der Waals surface area contributed by atoms with E-state index in [-0.39, 0.29) is 11.9 Å². The molecule has 1 aliphatic heterocycles. The van der Waals surface area contributed by atoms with Gasteiger partial charge in [0.2, 0.25) is 5.91 Å². The average molecular weight is 285 g/mol. The lowest BCUT2D eigenvalue weighted by Gasteiger charge is -2.28. The molecule has 3 rings (SSSR count). The van der Waals surface area contributed by atoms with Crippen molar-refractivity contribution in [1.82, 2.24) is 15.4 Å². The molecular formula is C16H19N3O2. The molecule has 21 heavy (non-hydrogen) atoms. The molecule has 5 heteroatoms. The molecule has 0 saturated heterocycles. The third-order valence-corrected chi connectivity index (χ3v) is 3.83. The van der Waals surface area contributed by atoms with Crippen LogP contribution in [0, 0.1) is 6.92 Å². The Balaban J connectivity index is 1.66. The maximum absolute atomic E-state index is 12.5. The summed E-state index contributed by atoms with van der Waals surface area (Å²) in [4.78, 5) is 14.2. The summed E-state index contributed by atoms with van der Waals surface area (Å²) in [5, 5.41) is 7.24. The fourth-order valence-corrected chi connectivity index (χ4v) is 2.71. The highest BCUT2D eigenvalue weighted by Gasteiger charge is 2.26. The number of nitrogens with one attached hydrogen (secondary N) is 1. The van der Waals surface area contributed by atoms with Gasteiger partial charge in [0.25, 0.3) is 0 Å². The first kappa shape index (κ1) is 13.8. The number of aryl methyl sites for hydroxylation is 1. The monoisotopic (exact) mass is 285 g/mol. The third kappa shape index (κ3) is 2.97. The van der Waals surface area contributed by atoms with Crippen LogP contribution in [-0.4, -0.2) is 29.1 Å². The first-order valence-corrected chi connectivity index (χ1v) is 7.11. The Morgan fingerprint density at radius 2 is 2.19 bits per heavy atom. The summed E-state index contributed by atoms with van der Waals surface area (Å²) in [5.41, 5.74) is 3.30. The minimum absolute atomic E-state index is 0.0881.